The molecule has 180 valence electrons. The van der Waals surface area contributed by atoms with Crippen molar-refractivity contribution in [1.29, 1.82) is 0 Å². The van der Waals surface area contributed by atoms with Crippen molar-refractivity contribution in [1.82, 2.24) is 9.55 Å². The predicted octanol–water partition coefficient (Wildman–Crippen LogP) is 6.49. The largest absolute Gasteiger partial charge is 0.493 e. The van der Waals surface area contributed by atoms with Crippen LogP contribution >= 0.6 is 0 Å². The summed E-state index contributed by atoms with van der Waals surface area (Å²) >= 11 is 0. The lowest BCUT2D eigenvalue weighted by Gasteiger charge is -2.18. The molecule has 1 atom stereocenters. The van der Waals surface area contributed by atoms with E-state index in [-0.39, 0.29) is 11.8 Å². The minimum Gasteiger partial charge on any atom is -0.493 e. The van der Waals surface area contributed by atoms with Gasteiger partial charge in [0.05, 0.1) is 17.6 Å². The van der Waals surface area contributed by atoms with E-state index in [0.717, 1.165) is 52.2 Å². The van der Waals surface area contributed by atoms with Crippen LogP contribution in [-0.4, -0.2) is 28.6 Å². The lowest BCUT2D eigenvalue weighted by atomic mass is 10.1. The number of fused-ring (bicyclic) bond motifs is 2. The summed E-state index contributed by atoms with van der Waals surface area (Å²) in [5, 5.41) is 2.32. The predicted molar refractivity (Wildman–Crippen MR) is 145 cm³/mol. The van der Waals surface area contributed by atoms with E-state index in [9.17, 15) is 4.79 Å². The van der Waals surface area contributed by atoms with E-state index in [1.807, 2.05) is 47.4 Å². The summed E-state index contributed by atoms with van der Waals surface area (Å²) in [4.78, 5) is 19.9. The molecule has 5 heteroatoms. The first-order valence-electron chi connectivity index (χ1n) is 12.6. The van der Waals surface area contributed by atoms with Crippen molar-refractivity contribution < 1.29 is 9.53 Å². The molecule has 0 N–H and O–H groups in total. The van der Waals surface area contributed by atoms with Gasteiger partial charge in [-0.2, -0.15) is 0 Å². The van der Waals surface area contributed by atoms with Gasteiger partial charge in [-0.05, 0) is 54.6 Å². The van der Waals surface area contributed by atoms with E-state index < -0.39 is 0 Å². The number of hydrogen-bond donors (Lipinski definition) is 0. The second-order valence-corrected chi connectivity index (χ2v) is 9.53. The molecule has 1 aliphatic heterocycles. The molecule has 1 unspecified atom stereocenters. The van der Waals surface area contributed by atoms with Gasteiger partial charge in [0.15, 0.2) is 0 Å². The number of hydrogen-bond acceptors (Lipinski definition) is 3. The van der Waals surface area contributed by atoms with Crippen LogP contribution in [0.1, 0.15) is 30.1 Å². The normalized spacial score (nSPS) is 15.8. The monoisotopic (exact) mass is 475 g/mol. The summed E-state index contributed by atoms with van der Waals surface area (Å²) in [7, 11) is 0. The molecule has 6 rings (SSSR count). The zero-order chi connectivity index (χ0) is 24.5. The van der Waals surface area contributed by atoms with Crippen LogP contribution in [0.5, 0.6) is 5.75 Å². The number of amides is 1. The SMILES string of the molecule is Cc1cccc(N2CC(c3nc4ccccc4n3CCCOc3cccc4ccccc34)CC2=O)c1. The number of aryl methyl sites for hydroxylation is 2. The Morgan fingerprint density at radius 3 is 2.67 bits per heavy atom. The van der Waals surface area contributed by atoms with Crippen LogP contribution in [0, 0.1) is 6.92 Å². The van der Waals surface area contributed by atoms with Crippen molar-refractivity contribution in [3.8, 4) is 5.75 Å². The molecule has 0 radical (unpaired) electrons. The maximum absolute atomic E-state index is 13.0. The fourth-order valence-electron chi connectivity index (χ4n) is 5.29. The van der Waals surface area contributed by atoms with Gasteiger partial charge in [-0.25, -0.2) is 4.98 Å². The molecular formula is C31H29N3O2. The summed E-state index contributed by atoms with van der Waals surface area (Å²) in [6.45, 7) is 4.11. The molecule has 4 aromatic carbocycles. The van der Waals surface area contributed by atoms with Crippen molar-refractivity contribution >= 4 is 33.4 Å². The van der Waals surface area contributed by atoms with Crippen molar-refractivity contribution in [2.75, 3.05) is 18.1 Å². The van der Waals surface area contributed by atoms with E-state index in [2.05, 4.69) is 60.0 Å². The quantitative estimate of drug-likeness (QED) is 0.253. The Labute approximate surface area is 210 Å². The van der Waals surface area contributed by atoms with Crippen LogP contribution in [-0.2, 0) is 11.3 Å². The molecule has 5 nitrogen and oxygen atoms in total. The van der Waals surface area contributed by atoms with Crippen LogP contribution in [0.25, 0.3) is 21.8 Å². The number of carbonyl (C=O) groups excluding carboxylic acids is 1. The number of ether oxygens (including phenoxy) is 1. The van der Waals surface area contributed by atoms with Gasteiger partial charge in [0, 0.05) is 36.5 Å². The van der Waals surface area contributed by atoms with Gasteiger partial charge in [0.2, 0.25) is 5.91 Å². The highest BCUT2D eigenvalue weighted by molar-refractivity contribution is 5.96. The number of carbonyl (C=O) groups is 1. The van der Waals surface area contributed by atoms with Crippen molar-refractivity contribution in [2.45, 2.75) is 32.2 Å². The average Bonchev–Trinajstić information content (AvgIpc) is 3.47. The van der Waals surface area contributed by atoms with Crippen molar-refractivity contribution in [3.63, 3.8) is 0 Å². The Morgan fingerprint density at radius 1 is 0.944 bits per heavy atom. The van der Waals surface area contributed by atoms with E-state index in [0.29, 0.717) is 19.6 Å². The van der Waals surface area contributed by atoms with E-state index in [1.54, 1.807) is 0 Å². The molecule has 0 saturated carbocycles. The highest BCUT2D eigenvalue weighted by atomic mass is 16.5. The Hall–Kier alpha value is -4.12. The second kappa shape index (κ2) is 9.50. The number of imidazole rings is 1. The fraction of sp³-hybridized carbons (Fsp3) is 0.226. The van der Waals surface area contributed by atoms with Gasteiger partial charge in [-0.3, -0.25) is 4.79 Å². The maximum atomic E-state index is 13.0. The van der Waals surface area contributed by atoms with E-state index in [4.69, 9.17) is 9.72 Å². The Balaban J connectivity index is 1.21. The van der Waals surface area contributed by atoms with Gasteiger partial charge < -0.3 is 14.2 Å². The summed E-state index contributed by atoms with van der Waals surface area (Å²) in [6, 6.07) is 30.9. The first kappa shape index (κ1) is 22.4. The Bertz CT molecular complexity index is 1550. The number of para-hydroxylation sites is 2. The lowest BCUT2D eigenvalue weighted by molar-refractivity contribution is -0.117. The highest BCUT2D eigenvalue weighted by Gasteiger charge is 2.34. The van der Waals surface area contributed by atoms with Crippen molar-refractivity contribution in [3.05, 3.63) is 102 Å². The second-order valence-electron chi connectivity index (χ2n) is 9.53. The number of aromatic nitrogens is 2. The van der Waals surface area contributed by atoms with Crippen LogP contribution < -0.4 is 9.64 Å². The number of benzene rings is 4. The van der Waals surface area contributed by atoms with Crippen LogP contribution in [0.4, 0.5) is 5.69 Å². The third-order valence-corrected chi connectivity index (χ3v) is 7.02. The Morgan fingerprint density at radius 2 is 1.75 bits per heavy atom. The molecule has 1 saturated heterocycles. The molecule has 1 fully saturated rings. The third-order valence-electron chi connectivity index (χ3n) is 7.02. The van der Waals surface area contributed by atoms with E-state index in [1.165, 1.54) is 5.39 Å². The standard InChI is InChI=1S/C31H29N3O2/c1-22-9-6-12-25(19-22)34-21-24(20-30(34)35)31-32-27-14-4-5-15-28(27)33(31)17-8-18-36-29-16-7-11-23-10-2-3-13-26(23)29/h2-7,9-16,19,24H,8,17-18,20-21H2,1H3. The van der Waals surface area contributed by atoms with Gasteiger partial charge in [0.1, 0.15) is 11.6 Å². The topological polar surface area (TPSA) is 47.4 Å². The minimum absolute atomic E-state index is 0.0596. The summed E-state index contributed by atoms with van der Waals surface area (Å²) in [6.07, 6.45) is 1.32. The average molecular weight is 476 g/mol. The molecule has 0 bridgehead atoms. The zero-order valence-electron chi connectivity index (χ0n) is 20.4. The summed E-state index contributed by atoms with van der Waals surface area (Å²) in [5.41, 5.74) is 4.21. The first-order chi connectivity index (χ1) is 17.7. The minimum atomic E-state index is 0.0596. The van der Waals surface area contributed by atoms with Gasteiger partial charge in [0.25, 0.3) is 0 Å². The first-order valence-corrected chi connectivity index (χ1v) is 12.6. The molecule has 1 aliphatic rings. The van der Waals surface area contributed by atoms with Gasteiger partial charge in [-0.1, -0.05) is 60.7 Å². The molecule has 36 heavy (non-hydrogen) atoms. The maximum Gasteiger partial charge on any atom is 0.227 e. The summed E-state index contributed by atoms with van der Waals surface area (Å²) in [5.74, 6) is 2.12. The van der Waals surface area contributed by atoms with Crippen LogP contribution in [0.15, 0.2) is 91.0 Å². The van der Waals surface area contributed by atoms with Crippen LogP contribution in [0.3, 0.4) is 0 Å². The number of nitrogens with zero attached hydrogens (tertiary/aromatic N) is 3. The summed E-state index contributed by atoms with van der Waals surface area (Å²) < 4.78 is 8.49. The highest BCUT2D eigenvalue weighted by Crippen LogP contribution is 2.33. The molecule has 1 amide bonds. The van der Waals surface area contributed by atoms with Crippen molar-refractivity contribution in [2.24, 2.45) is 0 Å². The van der Waals surface area contributed by atoms with Gasteiger partial charge in [-0.15, -0.1) is 0 Å². The number of rotatable bonds is 7. The smallest absolute Gasteiger partial charge is 0.227 e. The van der Waals surface area contributed by atoms with E-state index >= 15 is 0 Å². The fourth-order valence-corrected chi connectivity index (χ4v) is 5.29. The zero-order valence-corrected chi connectivity index (χ0v) is 20.4. The number of anilines is 1. The molecule has 1 aromatic heterocycles. The molecular weight excluding hydrogens is 446 g/mol. The Kier molecular flexibility index (Phi) is 5.90. The molecule has 0 aliphatic carbocycles. The third kappa shape index (κ3) is 4.22. The molecule has 2 heterocycles. The van der Waals surface area contributed by atoms with Gasteiger partial charge >= 0.3 is 0 Å². The molecule has 0 spiro atoms. The lowest BCUT2D eigenvalue weighted by Crippen LogP contribution is -2.24. The van der Waals surface area contributed by atoms with Crippen LogP contribution in [0.2, 0.25) is 0 Å². The molecule has 5 aromatic rings.